The largest absolute Gasteiger partial charge is 0.434 e. The van der Waals surface area contributed by atoms with Gasteiger partial charge in [-0.2, -0.15) is 13.9 Å². The van der Waals surface area contributed by atoms with Crippen molar-refractivity contribution in [3.8, 4) is 16.3 Å². The second-order valence-corrected chi connectivity index (χ2v) is 9.75. The van der Waals surface area contributed by atoms with E-state index in [1.54, 1.807) is 52.8 Å². The average molecular weight is 543 g/mol. The summed E-state index contributed by atoms with van der Waals surface area (Å²) < 4.78 is 46.4. The molecule has 1 aliphatic rings. The molecule has 12 heteroatoms. The molecule has 1 atom stereocenters. The number of anilines is 2. The number of carbonyl (C=O) groups is 1. The van der Waals surface area contributed by atoms with Crippen molar-refractivity contribution in [1.82, 2.24) is 14.8 Å². The lowest BCUT2D eigenvalue weighted by Crippen LogP contribution is -2.43. The van der Waals surface area contributed by atoms with Crippen LogP contribution >= 0.6 is 11.3 Å². The normalized spacial score (nSPS) is 15.6. The second kappa shape index (κ2) is 11.2. The summed E-state index contributed by atoms with van der Waals surface area (Å²) in [6, 6.07) is 11.0. The minimum absolute atomic E-state index is 0.0563. The van der Waals surface area contributed by atoms with Gasteiger partial charge in [0.15, 0.2) is 0 Å². The summed E-state index contributed by atoms with van der Waals surface area (Å²) >= 11 is 1.26. The molecule has 1 fully saturated rings. The number of nitrogens with one attached hydrogen (secondary N) is 1. The van der Waals surface area contributed by atoms with Crippen molar-refractivity contribution < 1.29 is 22.7 Å². The minimum atomic E-state index is -2.93. The molecule has 198 valence electrons. The summed E-state index contributed by atoms with van der Waals surface area (Å²) in [6.07, 6.45) is 5.02. The molecule has 0 spiro atoms. The van der Waals surface area contributed by atoms with Crippen LogP contribution < -0.4 is 20.7 Å². The Morgan fingerprint density at radius 2 is 2.08 bits per heavy atom. The van der Waals surface area contributed by atoms with Crippen LogP contribution in [0.5, 0.6) is 5.75 Å². The van der Waals surface area contributed by atoms with E-state index < -0.39 is 18.3 Å². The Balaban J connectivity index is 1.30. The number of thiazole rings is 1. The fourth-order valence-electron chi connectivity index (χ4n) is 4.43. The van der Waals surface area contributed by atoms with Crippen LogP contribution in [-0.4, -0.2) is 46.4 Å². The predicted octanol–water partition coefficient (Wildman–Crippen LogP) is 4.98. The quantitative estimate of drug-likeness (QED) is 0.326. The van der Waals surface area contributed by atoms with Gasteiger partial charge >= 0.3 is 6.61 Å². The Kier molecular flexibility index (Phi) is 7.61. The SMILES string of the molecule is NC1CCCN(c2c(F)cccc2NC(=O)c2csc(-c3cnn(Cc4ccccc4OC(F)F)c3)n2)C1. The zero-order valence-corrected chi connectivity index (χ0v) is 21.0. The van der Waals surface area contributed by atoms with Crippen LogP contribution in [0.15, 0.2) is 60.2 Å². The fourth-order valence-corrected chi connectivity index (χ4v) is 5.20. The van der Waals surface area contributed by atoms with E-state index in [2.05, 4.69) is 20.1 Å². The third kappa shape index (κ3) is 5.81. The van der Waals surface area contributed by atoms with Gasteiger partial charge in [0.1, 0.15) is 22.3 Å². The Hall–Kier alpha value is -3.90. The molecule has 3 N–H and O–H groups in total. The number of hydrogen-bond donors (Lipinski definition) is 2. The molecule has 0 radical (unpaired) electrons. The maximum atomic E-state index is 14.8. The second-order valence-electron chi connectivity index (χ2n) is 8.89. The van der Waals surface area contributed by atoms with E-state index in [-0.39, 0.29) is 24.0 Å². The van der Waals surface area contributed by atoms with Crippen LogP contribution in [0, 0.1) is 5.82 Å². The lowest BCUT2D eigenvalue weighted by Gasteiger charge is -2.34. The molecule has 0 bridgehead atoms. The Morgan fingerprint density at radius 3 is 2.89 bits per heavy atom. The molecule has 0 saturated carbocycles. The van der Waals surface area contributed by atoms with Gasteiger partial charge in [0.2, 0.25) is 0 Å². The van der Waals surface area contributed by atoms with Crippen LogP contribution in [0.3, 0.4) is 0 Å². The molecule has 8 nitrogen and oxygen atoms in total. The van der Waals surface area contributed by atoms with Crippen molar-refractivity contribution in [2.75, 3.05) is 23.3 Å². The number of hydrogen-bond acceptors (Lipinski definition) is 7. The topological polar surface area (TPSA) is 98.3 Å². The first-order valence-corrected chi connectivity index (χ1v) is 12.9. The van der Waals surface area contributed by atoms with E-state index >= 15 is 0 Å². The van der Waals surface area contributed by atoms with Crippen molar-refractivity contribution in [3.05, 3.63) is 77.3 Å². The molecule has 0 aliphatic carbocycles. The number of piperidine rings is 1. The van der Waals surface area contributed by atoms with Gasteiger partial charge in [0.25, 0.3) is 5.91 Å². The highest BCUT2D eigenvalue weighted by atomic mass is 32.1. The van der Waals surface area contributed by atoms with Crippen LogP contribution in [0.25, 0.3) is 10.6 Å². The van der Waals surface area contributed by atoms with Crippen LogP contribution in [0.4, 0.5) is 24.5 Å². The lowest BCUT2D eigenvalue weighted by atomic mass is 10.1. The van der Waals surface area contributed by atoms with E-state index in [1.807, 2.05) is 4.90 Å². The van der Waals surface area contributed by atoms with Gasteiger partial charge in [0.05, 0.1) is 24.1 Å². The summed E-state index contributed by atoms with van der Waals surface area (Å²) in [5.41, 5.74) is 8.15. The van der Waals surface area contributed by atoms with Crippen LogP contribution in [0.2, 0.25) is 0 Å². The summed E-state index contributed by atoms with van der Waals surface area (Å²) in [4.78, 5) is 19.3. The third-order valence-corrected chi connectivity index (χ3v) is 7.04. The van der Waals surface area contributed by atoms with Gasteiger partial charge in [-0.25, -0.2) is 9.37 Å². The summed E-state index contributed by atoms with van der Waals surface area (Å²) in [7, 11) is 0. The molecule has 38 heavy (non-hydrogen) atoms. The van der Waals surface area contributed by atoms with Gasteiger partial charge in [-0.3, -0.25) is 9.48 Å². The first kappa shape index (κ1) is 25.7. The highest BCUT2D eigenvalue weighted by molar-refractivity contribution is 7.13. The molecule has 5 rings (SSSR count). The van der Waals surface area contributed by atoms with E-state index in [4.69, 9.17) is 5.73 Å². The van der Waals surface area contributed by atoms with E-state index in [0.717, 1.165) is 12.8 Å². The molecule has 1 unspecified atom stereocenters. The van der Waals surface area contributed by atoms with Gasteiger partial charge in [-0.15, -0.1) is 11.3 Å². The van der Waals surface area contributed by atoms with Crippen molar-refractivity contribution >= 4 is 28.6 Å². The number of rotatable bonds is 8. The number of carbonyl (C=O) groups excluding carboxylic acids is 1. The van der Waals surface area contributed by atoms with Gasteiger partial charge in [-0.05, 0) is 31.0 Å². The number of ether oxygens (including phenoxy) is 1. The molecule has 1 saturated heterocycles. The molecular formula is C26H25F3N6O2S. The Bertz CT molecular complexity index is 1430. The van der Waals surface area contributed by atoms with Crippen molar-refractivity contribution in [2.24, 2.45) is 5.73 Å². The highest BCUT2D eigenvalue weighted by Crippen LogP contribution is 2.32. The number of para-hydroxylation sites is 2. The number of amides is 1. The van der Waals surface area contributed by atoms with Crippen molar-refractivity contribution in [1.29, 1.82) is 0 Å². The predicted molar refractivity (Wildman–Crippen MR) is 139 cm³/mol. The maximum Gasteiger partial charge on any atom is 0.387 e. The summed E-state index contributed by atoms with van der Waals surface area (Å²) in [5.74, 6) is -0.814. The summed E-state index contributed by atoms with van der Waals surface area (Å²) in [5, 5.41) is 9.25. The monoisotopic (exact) mass is 542 g/mol. The third-order valence-electron chi connectivity index (χ3n) is 6.15. The fraction of sp³-hybridized carbons (Fsp3) is 0.269. The van der Waals surface area contributed by atoms with Gasteiger partial charge in [0, 0.05) is 41.8 Å². The summed E-state index contributed by atoms with van der Waals surface area (Å²) in [6.45, 7) is -1.55. The number of halogens is 3. The van der Waals surface area contributed by atoms with Crippen LogP contribution in [0.1, 0.15) is 28.9 Å². The zero-order valence-electron chi connectivity index (χ0n) is 20.2. The number of nitrogens with two attached hydrogens (primary N) is 1. The molecule has 2 aromatic heterocycles. The first-order chi connectivity index (χ1) is 18.4. The molecule has 1 aliphatic heterocycles. The number of benzene rings is 2. The molecule has 1 amide bonds. The zero-order chi connectivity index (χ0) is 26.6. The van der Waals surface area contributed by atoms with Crippen molar-refractivity contribution in [3.63, 3.8) is 0 Å². The highest BCUT2D eigenvalue weighted by Gasteiger charge is 2.24. The number of aromatic nitrogens is 3. The molecule has 3 heterocycles. The van der Waals surface area contributed by atoms with E-state index in [9.17, 15) is 18.0 Å². The van der Waals surface area contributed by atoms with Crippen molar-refractivity contribution in [2.45, 2.75) is 32.0 Å². The van der Waals surface area contributed by atoms with E-state index in [1.165, 1.54) is 23.5 Å². The number of alkyl halides is 2. The lowest BCUT2D eigenvalue weighted by molar-refractivity contribution is -0.0505. The average Bonchev–Trinajstić information content (AvgIpc) is 3.55. The molecule has 4 aromatic rings. The van der Waals surface area contributed by atoms with Gasteiger partial charge < -0.3 is 20.7 Å². The molecule has 2 aromatic carbocycles. The van der Waals surface area contributed by atoms with Crippen LogP contribution in [-0.2, 0) is 6.54 Å². The molecular weight excluding hydrogens is 517 g/mol. The first-order valence-electron chi connectivity index (χ1n) is 12.0. The standard InChI is InChI=1S/C26H25F3N6O2S/c27-19-7-3-8-20(23(19)34-10-4-6-18(30)14-34)32-24(36)21-15-38-25(33-21)17-11-31-35(13-17)12-16-5-1-2-9-22(16)37-26(28)29/h1-3,5,7-9,11,13,15,18,26H,4,6,10,12,14,30H2,(H,32,36). The van der Waals surface area contributed by atoms with E-state index in [0.29, 0.717) is 40.6 Å². The Labute approximate surface area is 220 Å². The number of nitrogens with zero attached hydrogens (tertiary/aromatic N) is 4. The maximum absolute atomic E-state index is 14.8. The minimum Gasteiger partial charge on any atom is -0.434 e. The van der Waals surface area contributed by atoms with Gasteiger partial charge in [-0.1, -0.05) is 24.3 Å². The smallest absolute Gasteiger partial charge is 0.387 e. The Morgan fingerprint density at radius 1 is 1.24 bits per heavy atom.